The lowest BCUT2D eigenvalue weighted by molar-refractivity contribution is -0.145. The van der Waals surface area contributed by atoms with Crippen LogP contribution in [0.5, 0.6) is 0 Å². The molecule has 2 heterocycles. The van der Waals surface area contributed by atoms with E-state index in [-0.39, 0.29) is 11.5 Å². The first-order valence-electron chi connectivity index (χ1n) is 6.75. The minimum Gasteiger partial charge on any atom is -0.380 e. The molecule has 0 aliphatic carbocycles. The molecule has 0 aromatic rings. The van der Waals surface area contributed by atoms with Crippen LogP contribution in [0.1, 0.15) is 32.6 Å². The summed E-state index contributed by atoms with van der Waals surface area (Å²) in [4.78, 5) is 14.7. The number of hydrogen-bond donors (Lipinski definition) is 1. The van der Waals surface area contributed by atoms with E-state index in [4.69, 9.17) is 4.74 Å². The molecule has 2 aliphatic heterocycles. The second kappa shape index (κ2) is 5.36. The van der Waals surface area contributed by atoms with Crippen molar-refractivity contribution >= 4 is 5.91 Å². The van der Waals surface area contributed by atoms with Crippen LogP contribution in [0.15, 0.2) is 0 Å². The number of nitrogens with zero attached hydrogens (tertiary/aromatic N) is 1. The average Bonchev–Trinajstić information content (AvgIpc) is 2.88. The van der Waals surface area contributed by atoms with Crippen molar-refractivity contribution in [3.63, 3.8) is 0 Å². The summed E-state index contributed by atoms with van der Waals surface area (Å²) in [5, 5.41) is 3.33. The summed E-state index contributed by atoms with van der Waals surface area (Å²) in [5.74, 6) is 0.340. The van der Waals surface area contributed by atoms with Crippen molar-refractivity contribution in [2.24, 2.45) is 5.41 Å². The number of likely N-dealkylation sites (tertiary alicyclic amines) is 1. The number of amides is 1. The fourth-order valence-electron chi connectivity index (χ4n) is 3.03. The highest BCUT2D eigenvalue weighted by Gasteiger charge is 2.42. The molecule has 0 radical (unpaired) electrons. The number of rotatable bonds is 3. The van der Waals surface area contributed by atoms with E-state index in [0.29, 0.717) is 5.91 Å². The molecule has 2 atom stereocenters. The highest BCUT2D eigenvalue weighted by atomic mass is 16.5. The average molecular weight is 240 g/mol. The summed E-state index contributed by atoms with van der Waals surface area (Å²) < 4.78 is 5.39. The van der Waals surface area contributed by atoms with Crippen LogP contribution < -0.4 is 5.32 Å². The van der Waals surface area contributed by atoms with Crippen LogP contribution in [-0.4, -0.2) is 50.2 Å². The molecule has 0 saturated carbocycles. The summed E-state index contributed by atoms with van der Waals surface area (Å²) in [7, 11) is 1.74. The Morgan fingerprint density at radius 1 is 1.59 bits per heavy atom. The molecule has 17 heavy (non-hydrogen) atoms. The predicted molar refractivity (Wildman–Crippen MR) is 66.8 cm³/mol. The largest absolute Gasteiger partial charge is 0.380 e. The maximum atomic E-state index is 12.6. The van der Waals surface area contributed by atoms with E-state index in [1.807, 2.05) is 4.90 Å². The zero-order valence-electron chi connectivity index (χ0n) is 11.0. The summed E-state index contributed by atoms with van der Waals surface area (Å²) in [6, 6.07) is 0. The molecule has 4 nitrogen and oxygen atoms in total. The van der Waals surface area contributed by atoms with Gasteiger partial charge in [0.15, 0.2) is 0 Å². The van der Waals surface area contributed by atoms with Gasteiger partial charge < -0.3 is 15.0 Å². The Kier molecular flexibility index (Phi) is 4.05. The molecular weight excluding hydrogens is 216 g/mol. The Balaban J connectivity index is 2.03. The van der Waals surface area contributed by atoms with Crippen LogP contribution >= 0.6 is 0 Å². The molecule has 2 fully saturated rings. The molecule has 0 aromatic heterocycles. The predicted octanol–water partition coefficient (Wildman–Crippen LogP) is 1.01. The Labute approximate surface area is 104 Å². The van der Waals surface area contributed by atoms with E-state index in [0.717, 1.165) is 51.9 Å². The van der Waals surface area contributed by atoms with Crippen LogP contribution in [0.3, 0.4) is 0 Å². The van der Waals surface area contributed by atoms with Gasteiger partial charge in [-0.2, -0.15) is 0 Å². The maximum Gasteiger partial charge on any atom is 0.230 e. The molecule has 0 spiro atoms. The van der Waals surface area contributed by atoms with Gasteiger partial charge in [0.1, 0.15) is 0 Å². The van der Waals surface area contributed by atoms with Crippen LogP contribution in [0.25, 0.3) is 0 Å². The fraction of sp³-hybridized carbons (Fsp3) is 0.923. The number of nitrogens with one attached hydrogen (secondary N) is 1. The molecule has 2 saturated heterocycles. The maximum absolute atomic E-state index is 12.6. The normalized spacial score (nSPS) is 34.0. The lowest BCUT2D eigenvalue weighted by Gasteiger charge is -2.38. The topological polar surface area (TPSA) is 41.6 Å². The van der Waals surface area contributed by atoms with Crippen molar-refractivity contribution in [1.29, 1.82) is 0 Å². The first kappa shape index (κ1) is 12.8. The third-order valence-electron chi connectivity index (χ3n) is 4.37. The van der Waals surface area contributed by atoms with Crippen molar-refractivity contribution in [3.05, 3.63) is 0 Å². The van der Waals surface area contributed by atoms with Gasteiger partial charge in [0.2, 0.25) is 5.91 Å². The van der Waals surface area contributed by atoms with E-state index < -0.39 is 0 Å². The first-order chi connectivity index (χ1) is 8.22. The molecule has 0 aromatic carbocycles. The quantitative estimate of drug-likeness (QED) is 0.800. The van der Waals surface area contributed by atoms with Gasteiger partial charge in [0, 0.05) is 26.7 Å². The number of methoxy groups -OCH3 is 1. The second-order valence-corrected chi connectivity index (χ2v) is 5.31. The zero-order chi connectivity index (χ0) is 12.3. The molecule has 1 amide bonds. The van der Waals surface area contributed by atoms with Crippen LogP contribution in [-0.2, 0) is 9.53 Å². The van der Waals surface area contributed by atoms with E-state index in [1.54, 1.807) is 7.11 Å². The van der Waals surface area contributed by atoms with Gasteiger partial charge in [-0.1, -0.05) is 6.92 Å². The number of carbonyl (C=O) groups is 1. The molecule has 2 rings (SSSR count). The lowest BCUT2D eigenvalue weighted by Crippen LogP contribution is -2.50. The van der Waals surface area contributed by atoms with Crippen LogP contribution in [0.4, 0.5) is 0 Å². The number of piperidine rings is 1. The van der Waals surface area contributed by atoms with Crippen LogP contribution in [0, 0.1) is 5.41 Å². The number of carbonyl (C=O) groups excluding carboxylic acids is 1. The van der Waals surface area contributed by atoms with E-state index >= 15 is 0 Å². The monoisotopic (exact) mass is 240 g/mol. The van der Waals surface area contributed by atoms with Crippen molar-refractivity contribution < 1.29 is 9.53 Å². The molecule has 2 unspecified atom stereocenters. The molecule has 2 aliphatic rings. The number of hydrogen-bond acceptors (Lipinski definition) is 3. The minimum absolute atomic E-state index is 0.143. The molecular formula is C13H24N2O2. The second-order valence-electron chi connectivity index (χ2n) is 5.31. The van der Waals surface area contributed by atoms with Gasteiger partial charge in [-0.05, 0) is 32.2 Å². The number of ether oxygens (including phenoxy) is 1. The third-order valence-corrected chi connectivity index (χ3v) is 4.37. The van der Waals surface area contributed by atoms with Gasteiger partial charge in [-0.15, -0.1) is 0 Å². The van der Waals surface area contributed by atoms with E-state index in [2.05, 4.69) is 12.2 Å². The van der Waals surface area contributed by atoms with Gasteiger partial charge in [0.25, 0.3) is 0 Å². The van der Waals surface area contributed by atoms with E-state index in [1.165, 1.54) is 0 Å². The van der Waals surface area contributed by atoms with Gasteiger partial charge in [0.05, 0.1) is 11.5 Å². The minimum atomic E-state index is -0.143. The van der Waals surface area contributed by atoms with Crippen LogP contribution in [0.2, 0.25) is 0 Å². The lowest BCUT2D eigenvalue weighted by atomic mass is 9.82. The van der Waals surface area contributed by atoms with Gasteiger partial charge >= 0.3 is 0 Å². The Bertz CT molecular complexity index is 275. The van der Waals surface area contributed by atoms with Gasteiger partial charge in [-0.3, -0.25) is 4.79 Å². The summed E-state index contributed by atoms with van der Waals surface area (Å²) in [6.07, 6.45) is 4.30. The molecule has 98 valence electrons. The summed E-state index contributed by atoms with van der Waals surface area (Å²) in [6.45, 7) is 5.62. The third kappa shape index (κ3) is 2.47. The highest BCUT2D eigenvalue weighted by Crippen LogP contribution is 2.32. The highest BCUT2D eigenvalue weighted by molar-refractivity contribution is 5.83. The van der Waals surface area contributed by atoms with Crippen molar-refractivity contribution in [2.45, 2.75) is 38.7 Å². The van der Waals surface area contributed by atoms with Crippen molar-refractivity contribution in [1.82, 2.24) is 10.2 Å². The zero-order valence-corrected chi connectivity index (χ0v) is 11.0. The Morgan fingerprint density at radius 2 is 2.41 bits per heavy atom. The summed E-state index contributed by atoms with van der Waals surface area (Å²) >= 11 is 0. The molecule has 4 heteroatoms. The molecule has 0 bridgehead atoms. The Hall–Kier alpha value is -0.610. The SMILES string of the molecule is CCC1(C(=O)N2CCCC(OC)C2)CCNC1. The first-order valence-corrected chi connectivity index (χ1v) is 6.75. The Morgan fingerprint density at radius 3 is 3.00 bits per heavy atom. The fourth-order valence-corrected chi connectivity index (χ4v) is 3.03. The van der Waals surface area contributed by atoms with Gasteiger partial charge in [-0.25, -0.2) is 0 Å². The van der Waals surface area contributed by atoms with E-state index in [9.17, 15) is 4.79 Å². The smallest absolute Gasteiger partial charge is 0.230 e. The molecule has 1 N–H and O–H groups in total. The summed E-state index contributed by atoms with van der Waals surface area (Å²) in [5.41, 5.74) is -0.143. The van der Waals surface area contributed by atoms with Crippen molar-refractivity contribution in [2.75, 3.05) is 33.3 Å². The standard InChI is InChI=1S/C13H24N2O2/c1-3-13(6-7-14-10-13)12(16)15-8-4-5-11(9-15)17-2/h11,14H,3-10H2,1-2H3. The van der Waals surface area contributed by atoms with Crippen molar-refractivity contribution in [3.8, 4) is 0 Å².